The molecule has 1 rings (SSSR count). The summed E-state index contributed by atoms with van der Waals surface area (Å²) in [6.07, 6.45) is 0. The summed E-state index contributed by atoms with van der Waals surface area (Å²) in [4.78, 5) is 0. The van der Waals surface area contributed by atoms with E-state index in [2.05, 4.69) is 0 Å². The largest absolute Gasteiger partial charge is 0.497 e. The van der Waals surface area contributed by atoms with Crippen LogP contribution in [0.3, 0.4) is 0 Å². The van der Waals surface area contributed by atoms with E-state index in [9.17, 15) is 5.11 Å². The average molecular weight is 226 g/mol. The molecule has 90 valence electrons. The van der Waals surface area contributed by atoms with Crippen LogP contribution in [0, 0.1) is 0 Å². The number of rotatable bonds is 5. The highest BCUT2D eigenvalue weighted by molar-refractivity contribution is 5.40. The molecule has 1 aromatic carbocycles. The minimum Gasteiger partial charge on any atom is -0.497 e. The molecule has 0 aliphatic carbocycles. The molecule has 0 aliphatic heterocycles. The lowest BCUT2D eigenvalue weighted by atomic mass is 9.96. The Hall–Kier alpha value is -1.26. The van der Waals surface area contributed by atoms with Gasteiger partial charge in [0, 0.05) is 13.2 Å². The molecule has 0 saturated heterocycles. The maximum Gasteiger partial charge on any atom is 0.122 e. The van der Waals surface area contributed by atoms with Crippen molar-refractivity contribution < 1.29 is 19.3 Å². The van der Waals surface area contributed by atoms with Gasteiger partial charge in [0.05, 0.1) is 20.8 Å². The molecule has 1 atom stereocenters. The Morgan fingerprint density at radius 3 is 1.94 bits per heavy atom. The third-order valence-corrected chi connectivity index (χ3v) is 2.40. The first-order chi connectivity index (χ1) is 7.53. The van der Waals surface area contributed by atoms with E-state index >= 15 is 0 Å². The summed E-state index contributed by atoms with van der Waals surface area (Å²) in [6, 6.07) is 5.29. The van der Waals surface area contributed by atoms with E-state index in [0.717, 1.165) is 0 Å². The van der Waals surface area contributed by atoms with Crippen molar-refractivity contribution >= 4 is 0 Å². The van der Waals surface area contributed by atoms with Crippen molar-refractivity contribution in [2.24, 2.45) is 0 Å². The number of benzene rings is 1. The van der Waals surface area contributed by atoms with Gasteiger partial charge in [-0.25, -0.2) is 0 Å². The summed E-state index contributed by atoms with van der Waals surface area (Å²) in [5.41, 5.74) is -0.359. The van der Waals surface area contributed by atoms with Gasteiger partial charge in [0.25, 0.3) is 0 Å². The van der Waals surface area contributed by atoms with E-state index in [1.54, 1.807) is 46.5 Å². The van der Waals surface area contributed by atoms with Crippen molar-refractivity contribution in [2.75, 3.05) is 27.9 Å². The van der Waals surface area contributed by atoms with E-state index in [0.29, 0.717) is 17.1 Å². The molecule has 4 heteroatoms. The average Bonchev–Trinajstić information content (AvgIpc) is 2.28. The summed E-state index contributed by atoms with van der Waals surface area (Å²) < 4.78 is 15.3. The van der Waals surface area contributed by atoms with E-state index < -0.39 is 5.60 Å². The third kappa shape index (κ3) is 2.87. The predicted octanol–water partition coefficient (Wildman–Crippen LogP) is 1.56. The van der Waals surface area contributed by atoms with Crippen LogP contribution >= 0.6 is 0 Å². The fourth-order valence-corrected chi connectivity index (χ4v) is 1.48. The van der Waals surface area contributed by atoms with E-state index in [-0.39, 0.29) is 6.61 Å². The first kappa shape index (κ1) is 12.8. The lowest BCUT2D eigenvalue weighted by molar-refractivity contribution is -0.0210. The maximum absolute atomic E-state index is 10.2. The number of aliphatic hydroxyl groups is 1. The Bertz CT molecular complexity index is 325. The Kier molecular flexibility index (Phi) is 4.15. The fourth-order valence-electron chi connectivity index (χ4n) is 1.48. The van der Waals surface area contributed by atoms with Gasteiger partial charge in [0.15, 0.2) is 0 Å². The molecule has 16 heavy (non-hydrogen) atoms. The van der Waals surface area contributed by atoms with E-state index in [4.69, 9.17) is 14.2 Å². The molecule has 0 heterocycles. The van der Waals surface area contributed by atoms with Crippen molar-refractivity contribution in [1.29, 1.82) is 0 Å². The molecular weight excluding hydrogens is 208 g/mol. The van der Waals surface area contributed by atoms with Crippen molar-refractivity contribution in [1.82, 2.24) is 0 Å². The van der Waals surface area contributed by atoms with E-state index in [1.165, 1.54) is 0 Å². The summed E-state index contributed by atoms with van der Waals surface area (Å²) >= 11 is 0. The maximum atomic E-state index is 10.2. The highest BCUT2D eigenvalue weighted by Crippen LogP contribution is 2.29. The van der Waals surface area contributed by atoms with Gasteiger partial charge in [-0.1, -0.05) is 0 Å². The second kappa shape index (κ2) is 5.18. The Morgan fingerprint density at radius 1 is 1.06 bits per heavy atom. The van der Waals surface area contributed by atoms with Crippen molar-refractivity contribution in [2.45, 2.75) is 12.5 Å². The second-order valence-corrected chi connectivity index (χ2v) is 3.81. The number of hydrogen-bond acceptors (Lipinski definition) is 4. The predicted molar refractivity (Wildman–Crippen MR) is 61.0 cm³/mol. The molecule has 1 aromatic rings. The monoisotopic (exact) mass is 226 g/mol. The molecular formula is C12H18O4. The molecule has 0 bridgehead atoms. The first-order valence-electron chi connectivity index (χ1n) is 4.98. The smallest absolute Gasteiger partial charge is 0.122 e. The third-order valence-electron chi connectivity index (χ3n) is 2.40. The molecule has 0 spiro atoms. The topological polar surface area (TPSA) is 47.9 Å². The van der Waals surface area contributed by atoms with Crippen LogP contribution in [0.1, 0.15) is 12.5 Å². The first-order valence-corrected chi connectivity index (χ1v) is 4.98. The van der Waals surface area contributed by atoms with Gasteiger partial charge in [-0.15, -0.1) is 0 Å². The molecule has 0 aliphatic rings. The minimum atomic E-state index is -1.06. The lowest BCUT2D eigenvalue weighted by Crippen LogP contribution is -2.27. The molecule has 1 N–H and O–H groups in total. The summed E-state index contributed by atoms with van der Waals surface area (Å²) in [6.45, 7) is 1.90. The standard InChI is InChI=1S/C12H18O4/c1-12(13,8-14-2)9-5-10(15-3)7-11(6-9)16-4/h5-7,13H,8H2,1-4H3. The zero-order valence-electron chi connectivity index (χ0n) is 10.1. The number of methoxy groups -OCH3 is 3. The van der Waals surface area contributed by atoms with Crippen LogP contribution in [0.5, 0.6) is 11.5 Å². The molecule has 0 fully saturated rings. The lowest BCUT2D eigenvalue weighted by Gasteiger charge is -2.23. The molecule has 0 saturated carbocycles. The summed E-state index contributed by atoms with van der Waals surface area (Å²) in [5.74, 6) is 1.29. The fraction of sp³-hybridized carbons (Fsp3) is 0.500. The Labute approximate surface area is 95.8 Å². The van der Waals surface area contributed by atoms with Gasteiger partial charge < -0.3 is 19.3 Å². The Balaban J connectivity index is 3.11. The van der Waals surface area contributed by atoms with Crippen LogP contribution in [0.25, 0.3) is 0 Å². The quantitative estimate of drug-likeness (QED) is 0.827. The van der Waals surface area contributed by atoms with E-state index in [1.807, 2.05) is 0 Å². The zero-order chi connectivity index (χ0) is 12.2. The number of ether oxygens (including phenoxy) is 3. The Morgan fingerprint density at radius 2 is 1.56 bits per heavy atom. The molecule has 0 radical (unpaired) electrons. The van der Waals surface area contributed by atoms with Gasteiger partial charge >= 0.3 is 0 Å². The van der Waals surface area contributed by atoms with Crippen LogP contribution in [0.4, 0.5) is 0 Å². The normalized spacial score (nSPS) is 14.3. The SMILES string of the molecule is COCC(C)(O)c1cc(OC)cc(OC)c1. The number of hydrogen-bond donors (Lipinski definition) is 1. The van der Waals surface area contributed by atoms with Crippen LogP contribution in [-0.4, -0.2) is 33.0 Å². The minimum absolute atomic E-state index is 0.212. The van der Waals surface area contributed by atoms with Gasteiger partial charge in [0.2, 0.25) is 0 Å². The van der Waals surface area contributed by atoms with Crippen molar-refractivity contribution in [3.63, 3.8) is 0 Å². The molecule has 0 amide bonds. The van der Waals surface area contributed by atoms with Crippen molar-refractivity contribution in [3.05, 3.63) is 23.8 Å². The van der Waals surface area contributed by atoms with Crippen LogP contribution in [-0.2, 0) is 10.3 Å². The van der Waals surface area contributed by atoms with Gasteiger partial charge in [-0.2, -0.15) is 0 Å². The zero-order valence-corrected chi connectivity index (χ0v) is 10.1. The highest BCUT2D eigenvalue weighted by atomic mass is 16.5. The summed E-state index contributed by atoms with van der Waals surface area (Å²) in [7, 11) is 4.69. The highest BCUT2D eigenvalue weighted by Gasteiger charge is 2.24. The summed E-state index contributed by atoms with van der Waals surface area (Å²) in [5, 5.41) is 10.2. The van der Waals surface area contributed by atoms with Crippen LogP contribution in [0.2, 0.25) is 0 Å². The van der Waals surface area contributed by atoms with Crippen LogP contribution < -0.4 is 9.47 Å². The van der Waals surface area contributed by atoms with Crippen molar-refractivity contribution in [3.8, 4) is 11.5 Å². The molecule has 4 nitrogen and oxygen atoms in total. The van der Waals surface area contributed by atoms with Gasteiger partial charge in [-0.3, -0.25) is 0 Å². The van der Waals surface area contributed by atoms with Crippen LogP contribution in [0.15, 0.2) is 18.2 Å². The second-order valence-electron chi connectivity index (χ2n) is 3.81. The van der Waals surface area contributed by atoms with Gasteiger partial charge in [-0.05, 0) is 24.6 Å². The molecule has 1 unspecified atom stereocenters. The molecule has 0 aromatic heterocycles. The van der Waals surface area contributed by atoms with Gasteiger partial charge in [0.1, 0.15) is 17.1 Å².